The number of benzene rings is 2. The number of amides is 1. The van der Waals surface area contributed by atoms with Crippen molar-refractivity contribution in [2.24, 2.45) is 0 Å². The predicted molar refractivity (Wildman–Crippen MR) is 127 cm³/mol. The molecule has 1 heterocycles. The van der Waals surface area contributed by atoms with Gasteiger partial charge in [0.2, 0.25) is 10.0 Å². The van der Waals surface area contributed by atoms with Crippen LogP contribution in [-0.2, 0) is 10.0 Å². The SMILES string of the molecule is CC(C)N(C(C)C)S(=O)(=O)c1ccc2nc(NC(=O)c3cc([N+](=O)[O-])cc([N+](=O)[O-])c3)sc2c1. The molecule has 0 saturated carbocycles. The Labute approximate surface area is 198 Å². The number of nitrogens with zero attached hydrogens (tertiary/aromatic N) is 4. The van der Waals surface area contributed by atoms with E-state index in [1.54, 1.807) is 27.7 Å². The molecule has 0 aliphatic carbocycles. The van der Waals surface area contributed by atoms with Crippen molar-refractivity contribution in [2.45, 2.75) is 44.7 Å². The minimum absolute atomic E-state index is 0.0817. The van der Waals surface area contributed by atoms with E-state index in [0.29, 0.717) is 10.2 Å². The minimum atomic E-state index is -3.78. The van der Waals surface area contributed by atoms with Crippen molar-refractivity contribution < 1.29 is 23.1 Å². The van der Waals surface area contributed by atoms with Gasteiger partial charge >= 0.3 is 0 Å². The lowest BCUT2D eigenvalue weighted by molar-refractivity contribution is -0.394. The molecular weight excluding hydrogens is 486 g/mol. The zero-order valence-electron chi connectivity index (χ0n) is 18.6. The smallest absolute Gasteiger partial charge is 0.277 e. The third-order valence-electron chi connectivity index (χ3n) is 4.76. The average Bonchev–Trinajstić information content (AvgIpc) is 3.13. The summed E-state index contributed by atoms with van der Waals surface area (Å²) < 4.78 is 28.2. The number of nitrogens with one attached hydrogen (secondary N) is 1. The molecule has 1 amide bonds. The molecule has 180 valence electrons. The second-order valence-corrected chi connectivity index (χ2v) is 10.8. The molecule has 0 radical (unpaired) electrons. The van der Waals surface area contributed by atoms with Crippen molar-refractivity contribution in [1.82, 2.24) is 9.29 Å². The quantitative estimate of drug-likeness (QED) is 0.350. The molecule has 12 nitrogen and oxygen atoms in total. The van der Waals surface area contributed by atoms with Gasteiger partial charge in [-0.2, -0.15) is 4.31 Å². The van der Waals surface area contributed by atoms with E-state index < -0.39 is 37.2 Å². The van der Waals surface area contributed by atoms with E-state index in [1.807, 2.05) is 0 Å². The molecule has 1 N–H and O–H groups in total. The van der Waals surface area contributed by atoms with Gasteiger partial charge in [-0.3, -0.25) is 30.3 Å². The number of carbonyl (C=O) groups excluding carboxylic acids is 1. The van der Waals surface area contributed by atoms with Crippen LogP contribution >= 0.6 is 11.3 Å². The number of thiazole rings is 1. The van der Waals surface area contributed by atoms with Crippen LogP contribution in [0.2, 0.25) is 0 Å². The van der Waals surface area contributed by atoms with Crippen molar-refractivity contribution in [3.8, 4) is 0 Å². The topological polar surface area (TPSA) is 166 Å². The number of hydrogen-bond donors (Lipinski definition) is 1. The van der Waals surface area contributed by atoms with Gasteiger partial charge < -0.3 is 0 Å². The zero-order chi connectivity index (χ0) is 25.4. The largest absolute Gasteiger partial charge is 0.298 e. The van der Waals surface area contributed by atoms with Crippen molar-refractivity contribution >= 4 is 54.0 Å². The normalized spacial score (nSPS) is 12.0. The lowest BCUT2D eigenvalue weighted by atomic mass is 10.1. The Morgan fingerprint density at radius 3 is 2.06 bits per heavy atom. The second-order valence-electron chi connectivity index (χ2n) is 7.88. The van der Waals surface area contributed by atoms with E-state index >= 15 is 0 Å². The molecule has 0 unspecified atom stereocenters. The molecule has 0 aliphatic rings. The van der Waals surface area contributed by atoms with Gasteiger partial charge in [0.05, 0.1) is 36.6 Å². The Bertz CT molecular complexity index is 1360. The maximum Gasteiger partial charge on any atom is 0.277 e. The van der Waals surface area contributed by atoms with Crippen LogP contribution in [0.1, 0.15) is 38.1 Å². The third kappa shape index (κ3) is 5.03. The van der Waals surface area contributed by atoms with Crippen molar-refractivity contribution in [3.63, 3.8) is 0 Å². The summed E-state index contributed by atoms with van der Waals surface area (Å²) in [6.07, 6.45) is 0. The highest BCUT2D eigenvalue weighted by Crippen LogP contribution is 2.31. The number of hydrogen-bond acceptors (Lipinski definition) is 9. The fourth-order valence-electron chi connectivity index (χ4n) is 3.50. The Kier molecular flexibility index (Phi) is 6.95. The van der Waals surface area contributed by atoms with Gasteiger partial charge in [-0.05, 0) is 45.9 Å². The maximum atomic E-state index is 13.1. The first-order valence-corrected chi connectivity index (χ1v) is 12.3. The molecule has 14 heteroatoms. The molecule has 0 fully saturated rings. The lowest BCUT2D eigenvalue weighted by Gasteiger charge is -2.29. The summed E-state index contributed by atoms with van der Waals surface area (Å²) in [4.78, 5) is 37.4. The molecule has 0 saturated heterocycles. The number of non-ortho nitro benzene ring substituents is 2. The van der Waals surface area contributed by atoms with Gasteiger partial charge in [-0.25, -0.2) is 13.4 Å². The fraction of sp³-hybridized carbons (Fsp3) is 0.300. The number of sulfonamides is 1. The Hall–Kier alpha value is -3.49. The van der Waals surface area contributed by atoms with Gasteiger partial charge in [-0.1, -0.05) is 11.3 Å². The lowest BCUT2D eigenvalue weighted by Crippen LogP contribution is -2.41. The molecule has 34 heavy (non-hydrogen) atoms. The number of nitro groups is 2. The summed E-state index contributed by atoms with van der Waals surface area (Å²) in [5.41, 5.74) is -1.05. The number of aromatic nitrogens is 1. The molecule has 0 atom stereocenters. The first kappa shape index (κ1) is 25.1. The Morgan fingerprint density at radius 1 is 1.00 bits per heavy atom. The summed E-state index contributed by atoms with van der Waals surface area (Å²) in [7, 11) is -3.78. The summed E-state index contributed by atoms with van der Waals surface area (Å²) in [5, 5.41) is 24.7. The van der Waals surface area contributed by atoms with Crippen LogP contribution in [0, 0.1) is 20.2 Å². The monoisotopic (exact) mass is 507 g/mol. The Balaban J connectivity index is 1.94. The predicted octanol–water partition coefficient (Wildman–Crippen LogP) is 4.17. The summed E-state index contributed by atoms with van der Waals surface area (Å²) in [6, 6.07) is 6.52. The van der Waals surface area contributed by atoms with Gasteiger partial charge in [0, 0.05) is 24.2 Å². The number of carbonyl (C=O) groups is 1. The van der Waals surface area contributed by atoms with Gasteiger partial charge in [0.25, 0.3) is 17.3 Å². The van der Waals surface area contributed by atoms with Gasteiger partial charge in [-0.15, -0.1) is 0 Å². The van der Waals surface area contributed by atoms with E-state index in [9.17, 15) is 33.4 Å². The van der Waals surface area contributed by atoms with Crippen LogP contribution in [0.15, 0.2) is 41.3 Å². The molecular formula is C20H21N5O7S2. The zero-order valence-corrected chi connectivity index (χ0v) is 20.2. The maximum absolute atomic E-state index is 13.1. The first-order chi connectivity index (χ1) is 15.8. The number of rotatable bonds is 8. The number of fused-ring (bicyclic) bond motifs is 1. The standard InChI is InChI=1S/C20H21N5O7S2/c1-11(2)23(12(3)4)34(31,32)16-5-6-17-18(10-16)33-20(21-17)22-19(26)13-7-14(24(27)28)9-15(8-13)25(29)30/h5-12H,1-4H3,(H,21,22,26). The highest BCUT2D eigenvalue weighted by molar-refractivity contribution is 7.89. The van der Waals surface area contributed by atoms with Crippen molar-refractivity contribution in [2.75, 3.05) is 5.32 Å². The van der Waals surface area contributed by atoms with Gasteiger partial charge in [0.15, 0.2) is 5.13 Å². The summed E-state index contributed by atoms with van der Waals surface area (Å²) in [5.74, 6) is -0.829. The van der Waals surface area contributed by atoms with Crippen LogP contribution in [0.4, 0.5) is 16.5 Å². The number of anilines is 1. The Morgan fingerprint density at radius 2 is 1.56 bits per heavy atom. The second kappa shape index (κ2) is 9.40. The summed E-state index contributed by atoms with van der Waals surface area (Å²) >= 11 is 1.01. The molecule has 0 aliphatic heterocycles. The number of nitro benzene ring substituents is 2. The van der Waals surface area contributed by atoms with Crippen LogP contribution in [0.5, 0.6) is 0 Å². The van der Waals surface area contributed by atoms with Crippen LogP contribution in [0.25, 0.3) is 10.2 Å². The van der Waals surface area contributed by atoms with E-state index in [4.69, 9.17) is 0 Å². The molecule has 0 spiro atoms. The van der Waals surface area contributed by atoms with Crippen molar-refractivity contribution in [1.29, 1.82) is 0 Å². The minimum Gasteiger partial charge on any atom is -0.298 e. The van der Waals surface area contributed by atoms with Crippen LogP contribution in [-0.4, -0.2) is 45.5 Å². The highest BCUT2D eigenvalue weighted by Gasteiger charge is 2.30. The molecule has 3 aromatic rings. The van der Waals surface area contributed by atoms with Crippen LogP contribution in [0.3, 0.4) is 0 Å². The molecule has 0 bridgehead atoms. The van der Waals surface area contributed by atoms with E-state index in [-0.39, 0.29) is 27.7 Å². The third-order valence-corrected chi connectivity index (χ3v) is 7.94. The van der Waals surface area contributed by atoms with Gasteiger partial charge in [0.1, 0.15) is 0 Å². The fourth-order valence-corrected chi connectivity index (χ4v) is 6.33. The average molecular weight is 508 g/mol. The highest BCUT2D eigenvalue weighted by atomic mass is 32.2. The first-order valence-electron chi connectivity index (χ1n) is 10.0. The van der Waals surface area contributed by atoms with Crippen LogP contribution < -0.4 is 5.32 Å². The molecule has 3 rings (SSSR count). The van der Waals surface area contributed by atoms with E-state index in [1.165, 1.54) is 22.5 Å². The van der Waals surface area contributed by atoms with Crippen molar-refractivity contribution in [3.05, 3.63) is 62.2 Å². The van der Waals surface area contributed by atoms with E-state index in [2.05, 4.69) is 10.3 Å². The summed E-state index contributed by atoms with van der Waals surface area (Å²) in [6.45, 7) is 7.15. The molecule has 1 aromatic heterocycles. The van der Waals surface area contributed by atoms with E-state index in [0.717, 1.165) is 29.5 Å². The molecule has 2 aromatic carbocycles.